The molecule has 0 aromatic heterocycles. The van der Waals surface area contributed by atoms with Crippen molar-refractivity contribution in [2.75, 3.05) is 5.75 Å². The molecule has 0 bridgehead atoms. The summed E-state index contributed by atoms with van der Waals surface area (Å²) < 4.78 is 24.8. The second kappa shape index (κ2) is 6.26. The maximum absolute atomic E-state index is 10.5. The van der Waals surface area contributed by atoms with Crippen molar-refractivity contribution < 1.29 is 42.7 Å². The topological polar surface area (TPSA) is 69.7 Å². The van der Waals surface area contributed by atoms with Gasteiger partial charge in [0.05, 0.1) is 5.75 Å². The molecular formula is C5H9LiO5S. The molecule has 0 aliphatic heterocycles. The molecule has 7 heteroatoms. The van der Waals surface area contributed by atoms with Gasteiger partial charge in [0.15, 0.2) is 0 Å². The van der Waals surface area contributed by atoms with Crippen LogP contribution in [0.15, 0.2) is 12.7 Å². The Hall–Kier alpha value is -0.283. The first-order chi connectivity index (χ1) is 5.02. The molecule has 0 unspecified atom stereocenters. The zero-order chi connectivity index (χ0) is 8.91. The number of carbonyl (C=O) groups is 1. The predicted octanol–water partition coefficient (Wildman–Crippen LogP) is -2.89. The van der Waals surface area contributed by atoms with E-state index >= 15 is 0 Å². The number of hydrogen-bond donors (Lipinski definition) is 0. The number of hydrogen-bond acceptors (Lipinski definition) is 5. The Morgan fingerprint density at radius 3 is 2.50 bits per heavy atom. The quantitative estimate of drug-likeness (QED) is 0.205. The summed E-state index contributed by atoms with van der Waals surface area (Å²) in [6, 6.07) is 0. The van der Waals surface area contributed by atoms with E-state index < -0.39 is 16.1 Å². The number of rotatable bonds is 4. The van der Waals surface area contributed by atoms with Gasteiger partial charge in [0.1, 0.15) is 0 Å². The molecule has 0 amide bonds. The van der Waals surface area contributed by atoms with E-state index in [-0.39, 0.29) is 26.0 Å². The number of carbonyl (C=O) groups excluding carboxylic acids is 1. The van der Waals surface area contributed by atoms with Gasteiger partial charge in [-0.05, 0) is 6.92 Å². The van der Waals surface area contributed by atoms with Gasteiger partial charge in [-0.2, -0.15) is 8.42 Å². The minimum atomic E-state index is -3.72. The Morgan fingerprint density at radius 2 is 2.17 bits per heavy atom. The van der Waals surface area contributed by atoms with Crippen molar-refractivity contribution in [3.05, 3.63) is 12.7 Å². The van der Waals surface area contributed by atoms with Crippen molar-refractivity contribution in [1.82, 2.24) is 0 Å². The molecule has 0 spiro atoms. The molecule has 0 aromatic carbocycles. The minimum Gasteiger partial charge on any atom is -1.00 e. The van der Waals surface area contributed by atoms with Gasteiger partial charge in [-0.1, -0.05) is 10.9 Å². The van der Waals surface area contributed by atoms with E-state index in [9.17, 15) is 13.2 Å². The summed E-state index contributed by atoms with van der Waals surface area (Å²) in [6.07, 6.45) is 0.797. The average Bonchev–Trinajstić information content (AvgIpc) is 2.00. The van der Waals surface area contributed by atoms with Crippen molar-refractivity contribution in [2.24, 2.45) is 0 Å². The van der Waals surface area contributed by atoms with E-state index in [2.05, 4.69) is 15.8 Å². The van der Waals surface area contributed by atoms with Crippen LogP contribution in [0.3, 0.4) is 0 Å². The van der Waals surface area contributed by atoms with E-state index in [1.807, 2.05) is 0 Å². The fourth-order valence-corrected chi connectivity index (χ4v) is 0.434. The van der Waals surface area contributed by atoms with Gasteiger partial charge in [0.2, 0.25) is 0 Å². The molecule has 0 aromatic rings. The maximum Gasteiger partial charge on any atom is 1.00 e. The van der Waals surface area contributed by atoms with Crippen LogP contribution in [0, 0.1) is 0 Å². The third kappa shape index (κ3) is 6.43. The molecule has 12 heavy (non-hydrogen) atoms. The molecular weight excluding hydrogens is 179 g/mol. The molecule has 0 aliphatic carbocycles. The van der Waals surface area contributed by atoms with Crippen LogP contribution in [0.1, 0.15) is 8.35 Å². The molecule has 0 heterocycles. The summed E-state index contributed by atoms with van der Waals surface area (Å²) >= 11 is 0. The first-order valence-electron chi connectivity index (χ1n) is 2.77. The van der Waals surface area contributed by atoms with Crippen LogP contribution in [0.25, 0.3) is 0 Å². The van der Waals surface area contributed by atoms with Crippen LogP contribution in [-0.4, -0.2) is 20.1 Å². The standard InChI is InChI=1S/C5H8O5S.Li.H/c1-3-5(6)9-10-11(7,8)4-2;;/h3H,1,4H2,2H3;;/q;+1;-1. The normalized spacial score (nSPS) is 9.75. The minimum absolute atomic E-state index is 0. The molecule has 5 nitrogen and oxygen atoms in total. The van der Waals surface area contributed by atoms with Crippen LogP contribution in [0.5, 0.6) is 0 Å². The molecule has 0 N–H and O–H groups in total. The van der Waals surface area contributed by atoms with Crippen molar-refractivity contribution in [1.29, 1.82) is 0 Å². The smallest absolute Gasteiger partial charge is 1.00 e. The molecule has 0 radical (unpaired) electrons. The molecule has 0 fully saturated rings. The van der Waals surface area contributed by atoms with Gasteiger partial charge in [-0.3, -0.25) is 4.89 Å². The predicted molar refractivity (Wildman–Crippen MR) is 37.9 cm³/mol. The Balaban J connectivity index is -0.000000500. The van der Waals surface area contributed by atoms with Gasteiger partial charge in [0, 0.05) is 6.08 Å². The zero-order valence-electron chi connectivity index (χ0n) is 7.94. The van der Waals surface area contributed by atoms with Crippen molar-refractivity contribution in [3.8, 4) is 0 Å². The molecule has 0 atom stereocenters. The summed E-state index contributed by atoms with van der Waals surface area (Å²) in [6.45, 7) is 4.40. The summed E-state index contributed by atoms with van der Waals surface area (Å²) in [7, 11) is -3.72. The van der Waals surface area contributed by atoms with Crippen LogP contribution in [-0.2, 0) is 24.1 Å². The van der Waals surface area contributed by atoms with Crippen LogP contribution >= 0.6 is 0 Å². The van der Waals surface area contributed by atoms with Gasteiger partial charge < -0.3 is 1.43 Å². The van der Waals surface area contributed by atoms with Crippen LogP contribution < -0.4 is 18.9 Å². The second-order valence-electron chi connectivity index (χ2n) is 1.52. The van der Waals surface area contributed by atoms with E-state index in [0.717, 1.165) is 6.08 Å². The summed E-state index contributed by atoms with van der Waals surface area (Å²) in [5, 5.41) is 0. The SMILES string of the molecule is C=CC(=O)OOS(=O)(=O)CC.[H-].[Li+]. The monoisotopic (exact) mass is 188 g/mol. The second-order valence-corrected chi connectivity index (χ2v) is 3.35. The first kappa shape index (κ1) is 14.3. The van der Waals surface area contributed by atoms with Crippen molar-refractivity contribution >= 4 is 16.1 Å². The zero-order valence-corrected chi connectivity index (χ0v) is 7.76. The fraction of sp³-hybridized carbons (Fsp3) is 0.400. The third-order valence-electron chi connectivity index (χ3n) is 0.740. The van der Waals surface area contributed by atoms with Crippen LogP contribution in [0.2, 0.25) is 0 Å². The van der Waals surface area contributed by atoms with Crippen molar-refractivity contribution in [3.63, 3.8) is 0 Å². The molecule has 0 rings (SSSR count). The Morgan fingerprint density at radius 1 is 1.67 bits per heavy atom. The summed E-state index contributed by atoms with van der Waals surface area (Å²) in [4.78, 5) is 14.0. The molecule has 0 aliphatic rings. The van der Waals surface area contributed by atoms with Gasteiger partial charge >= 0.3 is 34.9 Å². The van der Waals surface area contributed by atoms with Crippen molar-refractivity contribution in [2.45, 2.75) is 6.92 Å². The van der Waals surface area contributed by atoms with E-state index in [4.69, 9.17) is 0 Å². The van der Waals surface area contributed by atoms with Gasteiger partial charge in [-0.15, -0.1) is 0 Å². The largest absolute Gasteiger partial charge is 1.00 e. The average molecular weight is 188 g/mol. The molecule has 66 valence electrons. The fourth-order valence-electron chi connectivity index (χ4n) is 0.167. The summed E-state index contributed by atoms with van der Waals surface area (Å²) in [5.41, 5.74) is 0. The molecule has 0 saturated heterocycles. The van der Waals surface area contributed by atoms with Crippen LogP contribution in [0.4, 0.5) is 0 Å². The van der Waals surface area contributed by atoms with E-state index in [1.54, 1.807) is 0 Å². The Labute approximate surface area is 84.4 Å². The Kier molecular flexibility index (Phi) is 7.43. The third-order valence-corrected chi connectivity index (χ3v) is 1.72. The maximum atomic E-state index is 10.5. The molecule has 0 saturated carbocycles. The van der Waals surface area contributed by atoms with E-state index in [1.165, 1.54) is 6.92 Å². The first-order valence-corrected chi connectivity index (χ1v) is 4.34. The summed E-state index contributed by atoms with van der Waals surface area (Å²) in [5.74, 6) is -1.20. The van der Waals surface area contributed by atoms with E-state index in [0.29, 0.717) is 0 Å². The Bertz CT molecular complexity index is 250. The van der Waals surface area contributed by atoms with Gasteiger partial charge in [0.25, 0.3) is 0 Å². The van der Waals surface area contributed by atoms with Gasteiger partial charge in [-0.25, -0.2) is 4.79 Å².